The van der Waals surface area contributed by atoms with E-state index in [1.165, 1.54) is 65.9 Å². The van der Waals surface area contributed by atoms with Gasteiger partial charge >= 0.3 is 0 Å². The van der Waals surface area contributed by atoms with Crippen molar-refractivity contribution in [2.24, 2.45) is 0 Å². The first-order valence-corrected chi connectivity index (χ1v) is 23.9. The van der Waals surface area contributed by atoms with Crippen LogP contribution in [0.3, 0.4) is 0 Å². The van der Waals surface area contributed by atoms with E-state index < -0.39 is 0 Å². The highest BCUT2D eigenvalue weighted by atomic mass is 15.1. The summed E-state index contributed by atoms with van der Waals surface area (Å²) in [5, 5.41) is 4.84. The molecule has 0 spiro atoms. The molecule has 0 unspecified atom stereocenters. The lowest BCUT2D eigenvalue weighted by Gasteiger charge is -2.25. The highest BCUT2D eigenvalue weighted by Crippen LogP contribution is 2.43. The van der Waals surface area contributed by atoms with E-state index in [0.29, 0.717) is 0 Å². The molecule has 4 nitrogen and oxygen atoms in total. The Hall–Kier alpha value is -9.38. The number of hydrogen-bond donors (Lipinski definition) is 0. The van der Waals surface area contributed by atoms with Gasteiger partial charge in [0.05, 0.1) is 22.1 Å². The maximum Gasteiger partial charge on any atom is 0.0548 e. The van der Waals surface area contributed by atoms with Crippen LogP contribution in [0.15, 0.2) is 279 Å². The molecule has 0 saturated carbocycles. The van der Waals surface area contributed by atoms with Crippen molar-refractivity contribution in [1.82, 2.24) is 9.13 Å². The zero-order chi connectivity index (χ0) is 46.4. The van der Waals surface area contributed by atoms with Crippen LogP contribution in [-0.4, -0.2) is 9.13 Å². The van der Waals surface area contributed by atoms with Gasteiger partial charge in [0.25, 0.3) is 0 Å². The molecule has 0 radical (unpaired) electrons. The Kier molecular flexibility index (Phi) is 10.1. The fraction of sp³-hybridized carbons (Fsp3) is 0. The normalized spacial score (nSPS) is 11.4. The Morgan fingerprint density at radius 2 is 0.457 bits per heavy atom. The van der Waals surface area contributed by atoms with Gasteiger partial charge in [0.15, 0.2) is 0 Å². The lowest BCUT2D eigenvalue weighted by atomic mass is 10.0. The first kappa shape index (κ1) is 40.9. The number of benzene rings is 11. The molecule has 0 fully saturated rings. The number of aromatic nitrogens is 2. The molecule has 0 aliphatic rings. The quantitative estimate of drug-likeness (QED) is 0.136. The molecule has 330 valence electrons. The summed E-state index contributed by atoms with van der Waals surface area (Å²) >= 11 is 0. The molecule has 4 heteroatoms. The Bertz CT molecular complexity index is 3600. The van der Waals surface area contributed by atoms with E-state index in [-0.39, 0.29) is 0 Å². The van der Waals surface area contributed by atoms with E-state index in [2.05, 4.69) is 298 Å². The van der Waals surface area contributed by atoms with Gasteiger partial charge in [-0.3, -0.25) is 0 Å². The summed E-state index contributed by atoms with van der Waals surface area (Å²) in [6, 6.07) is 101. The number of anilines is 6. The maximum atomic E-state index is 2.44. The van der Waals surface area contributed by atoms with Gasteiger partial charge in [-0.15, -0.1) is 0 Å². The zero-order valence-electron chi connectivity index (χ0n) is 38.3. The van der Waals surface area contributed by atoms with E-state index in [1.54, 1.807) is 0 Å². The average Bonchev–Trinajstić information content (AvgIpc) is 3.93. The van der Waals surface area contributed by atoms with E-state index in [1.807, 2.05) is 0 Å². The van der Waals surface area contributed by atoms with Crippen molar-refractivity contribution in [2.45, 2.75) is 0 Å². The first-order chi connectivity index (χ1) is 34.7. The monoisotopic (exact) mass is 894 g/mol. The molecule has 70 heavy (non-hydrogen) atoms. The molecule has 13 aromatic rings. The van der Waals surface area contributed by atoms with Crippen LogP contribution in [0, 0.1) is 0 Å². The number of rotatable bonds is 10. The minimum Gasteiger partial charge on any atom is -0.311 e. The lowest BCUT2D eigenvalue weighted by molar-refractivity contribution is 1.17. The van der Waals surface area contributed by atoms with Crippen molar-refractivity contribution in [3.63, 3.8) is 0 Å². The predicted octanol–water partition coefficient (Wildman–Crippen LogP) is 18.2. The number of nitrogens with zero attached hydrogens (tertiary/aromatic N) is 4. The lowest BCUT2D eigenvalue weighted by Crippen LogP contribution is -2.09. The smallest absolute Gasteiger partial charge is 0.0548 e. The van der Waals surface area contributed by atoms with Crippen molar-refractivity contribution in [3.8, 4) is 33.6 Å². The summed E-state index contributed by atoms with van der Waals surface area (Å²) in [4.78, 5) is 4.62. The molecular weight excluding hydrogens is 849 g/mol. The maximum absolute atomic E-state index is 2.44. The summed E-state index contributed by atoms with van der Waals surface area (Å²) in [5.41, 5.74) is 18.3. The number of para-hydroxylation sites is 6. The highest BCUT2D eigenvalue weighted by molar-refractivity contribution is 6.20. The second-order valence-electron chi connectivity index (χ2n) is 17.8. The molecule has 11 aromatic carbocycles. The van der Waals surface area contributed by atoms with E-state index >= 15 is 0 Å². The number of hydrogen-bond acceptors (Lipinski definition) is 2. The minimum absolute atomic E-state index is 1.11. The predicted molar refractivity (Wildman–Crippen MR) is 295 cm³/mol. The zero-order valence-corrected chi connectivity index (χ0v) is 38.3. The Morgan fingerprint density at radius 1 is 0.200 bits per heavy atom. The fourth-order valence-electron chi connectivity index (χ4n) is 10.4. The van der Waals surface area contributed by atoms with Crippen molar-refractivity contribution in [3.05, 3.63) is 279 Å². The molecule has 0 aliphatic heterocycles. The van der Waals surface area contributed by atoms with Crippen LogP contribution in [0.2, 0.25) is 0 Å². The van der Waals surface area contributed by atoms with Gasteiger partial charge in [-0.25, -0.2) is 0 Å². The summed E-state index contributed by atoms with van der Waals surface area (Å²) < 4.78 is 4.88. The molecular formula is C66H46N4. The highest BCUT2D eigenvalue weighted by Gasteiger charge is 2.21. The Morgan fingerprint density at radius 3 is 0.771 bits per heavy atom. The second-order valence-corrected chi connectivity index (χ2v) is 17.8. The van der Waals surface area contributed by atoms with Gasteiger partial charge in [0, 0.05) is 67.0 Å². The molecule has 0 saturated heterocycles. The van der Waals surface area contributed by atoms with E-state index in [9.17, 15) is 0 Å². The van der Waals surface area contributed by atoms with Gasteiger partial charge in [-0.1, -0.05) is 146 Å². The van der Waals surface area contributed by atoms with Gasteiger partial charge in [0.2, 0.25) is 0 Å². The van der Waals surface area contributed by atoms with Crippen LogP contribution in [0.4, 0.5) is 34.1 Å². The SMILES string of the molecule is c1ccc(N(c2ccccc2)c2ccc(-c3ccc4c(c3)c3cc5c(cc3n4-c3ccccc3)c3cc(-c4ccc(N(c6ccccc6)c6ccccc6)cc4)ccc3n5-c3ccccc3)cc2)cc1. The fourth-order valence-corrected chi connectivity index (χ4v) is 10.4. The van der Waals surface area contributed by atoms with Crippen LogP contribution in [0.1, 0.15) is 0 Å². The first-order valence-electron chi connectivity index (χ1n) is 23.9. The van der Waals surface area contributed by atoms with Crippen molar-refractivity contribution < 1.29 is 0 Å². The minimum atomic E-state index is 1.11. The second kappa shape index (κ2) is 17.4. The van der Waals surface area contributed by atoms with Gasteiger partial charge < -0.3 is 18.9 Å². The Balaban J connectivity index is 0.960. The Labute approximate surface area is 407 Å². The molecule has 2 heterocycles. The van der Waals surface area contributed by atoms with Gasteiger partial charge in [0.1, 0.15) is 0 Å². The third kappa shape index (κ3) is 7.18. The van der Waals surface area contributed by atoms with Crippen molar-refractivity contribution >= 4 is 77.7 Å². The largest absolute Gasteiger partial charge is 0.311 e. The third-order valence-electron chi connectivity index (χ3n) is 13.7. The molecule has 0 amide bonds. The van der Waals surface area contributed by atoms with Crippen LogP contribution in [0.5, 0.6) is 0 Å². The van der Waals surface area contributed by atoms with Crippen LogP contribution >= 0.6 is 0 Å². The van der Waals surface area contributed by atoms with E-state index in [0.717, 1.165) is 45.5 Å². The molecule has 0 bridgehead atoms. The van der Waals surface area contributed by atoms with E-state index in [4.69, 9.17) is 0 Å². The summed E-state index contributed by atoms with van der Waals surface area (Å²) in [6.07, 6.45) is 0. The third-order valence-corrected chi connectivity index (χ3v) is 13.7. The van der Waals surface area contributed by atoms with Crippen LogP contribution in [-0.2, 0) is 0 Å². The topological polar surface area (TPSA) is 16.3 Å². The molecule has 13 rings (SSSR count). The van der Waals surface area contributed by atoms with Gasteiger partial charge in [-0.05, 0) is 156 Å². The van der Waals surface area contributed by atoms with Crippen LogP contribution < -0.4 is 9.80 Å². The molecule has 0 aliphatic carbocycles. The van der Waals surface area contributed by atoms with Crippen molar-refractivity contribution in [2.75, 3.05) is 9.80 Å². The molecule has 2 aromatic heterocycles. The summed E-state index contributed by atoms with van der Waals surface area (Å²) in [5.74, 6) is 0. The summed E-state index contributed by atoms with van der Waals surface area (Å²) in [6.45, 7) is 0. The van der Waals surface area contributed by atoms with Crippen LogP contribution in [0.25, 0.3) is 77.2 Å². The van der Waals surface area contributed by atoms with Gasteiger partial charge in [-0.2, -0.15) is 0 Å². The average molecular weight is 895 g/mol. The summed E-state index contributed by atoms with van der Waals surface area (Å²) in [7, 11) is 0. The molecule has 0 N–H and O–H groups in total. The molecule has 0 atom stereocenters. The number of fused-ring (bicyclic) bond motifs is 6. The standard InChI is InChI=1S/C66H46N4/c1-7-19-51(20-8-1)67(52-21-9-2-10-22-52)57-37-31-47(32-38-57)49-35-41-63-59(43-49)61-45-66-62(46-65(61)69(63)55-27-15-5-16-28-55)60-44-50(36-42-64(60)70(66)56-29-17-6-18-30-56)48-33-39-58(40-34-48)68(53-23-11-3-12-24-53)54-25-13-4-14-26-54/h1-46H. The van der Waals surface area contributed by atoms with Crippen molar-refractivity contribution in [1.29, 1.82) is 0 Å².